The smallest absolute Gasteiger partial charge is 0.319 e. The number of nitrogens with zero attached hydrogens (tertiary/aromatic N) is 9. The molecular weight excluding hydrogens is 881 g/mol. The summed E-state index contributed by atoms with van der Waals surface area (Å²) >= 11 is 0. The number of ether oxygens (including phenoxy) is 1. The van der Waals surface area contributed by atoms with Crippen LogP contribution in [-0.2, 0) is 16.0 Å². The summed E-state index contributed by atoms with van der Waals surface area (Å²) in [6, 6.07) is 12.7. The number of halogens is 2. The number of piperidine rings is 2. The number of benzene rings is 3. The summed E-state index contributed by atoms with van der Waals surface area (Å²) in [7, 11) is 0. The second kappa shape index (κ2) is 17.7. The number of aryl methyl sites for hydroxylation is 1. The van der Waals surface area contributed by atoms with Crippen LogP contribution in [0.4, 0.5) is 20.3 Å². The summed E-state index contributed by atoms with van der Waals surface area (Å²) in [5.74, 6) is -0.352. The summed E-state index contributed by atoms with van der Waals surface area (Å²) < 4.78 is 40.6. The number of carbonyl (C=O) groups excluding carboxylic acids is 2. The number of imide groups is 1. The minimum atomic E-state index is -0.653. The predicted octanol–water partition coefficient (Wildman–Crippen LogP) is 6.35. The van der Waals surface area contributed by atoms with E-state index in [1.807, 2.05) is 19.2 Å². The van der Waals surface area contributed by atoms with E-state index in [1.165, 1.54) is 12.1 Å². The molecule has 3 atom stereocenters. The van der Waals surface area contributed by atoms with Crippen molar-refractivity contribution in [2.24, 2.45) is 11.3 Å². The van der Waals surface area contributed by atoms with Crippen LogP contribution in [0, 0.1) is 23.0 Å². The molecule has 3 unspecified atom stereocenters. The number of aromatic hydroxyl groups is 1. The maximum atomic E-state index is 17.2. The van der Waals surface area contributed by atoms with Crippen LogP contribution in [-0.4, -0.2) is 136 Å². The number of pyridine rings is 1. The van der Waals surface area contributed by atoms with Gasteiger partial charge in [0, 0.05) is 99.1 Å². The van der Waals surface area contributed by atoms with E-state index in [0.717, 1.165) is 121 Å². The number of phenols is 1. The number of nitrogens with one attached hydrogen (secondary N) is 2. The van der Waals surface area contributed by atoms with Crippen molar-refractivity contribution >= 4 is 55.9 Å². The Morgan fingerprint density at radius 3 is 2.41 bits per heavy atom. The van der Waals surface area contributed by atoms with Gasteiger partial charge in [-0.2, -0.15) is 15.1 Å². The van der Waals surface area contributed by atoms with Crippen molar-refractivity contribution in [1.82, 2.24) is 45.2 Å². The predicted molar refractivity (Wildman–Crippen MR) is 260 cm³/mol. The largest absolute Gasteiger partial charge is 0.508 e. The molecule has 360 valence electrons. The number of phenolic OH excluding ortho intramolecular Hbond substituents is 1. The van der Waals surface area contributed by atoms with Gasteiger partial charge in [0.2, 0.25) is 5.91 Å². The van der Waals surface area contributed by atoms with Gasteiger partial charge in [-0.05, 0) is 123 Å². The Morgan fingerprint density at radius 2 is 1.65 bits per heavy atom. The summed E-state index contributed by atoms with van der Waals surface area (Å²) in [4.78, 5) is 48.5. The van der Waals surface area contributed by atoms with Gasteiger partial charge in [0.05, 0.1) is 23.7 Å². The van der Waals surface area contributed by atoms with Crippen molar-refractivity contribution in [3.8, 4) is 23.0 Å². The molecule has 3 aromatic heterocycles. The first-order chi connectivity index (χ1) is 33.6. The van der Waals surface area contributed by atoms with E-state index in [9.17, 15) is 14.7 Å². The van der Waals surface area contributed by atoms with Crippen LogP contribution < -0.4 is 25.2 Å². The SMILES string of the molecule is CCc1c(F)ccc2cc(O)cc(-c3ncc4c(N5CC6CCC(C5)N6)nc(OCC5(CN6CCC(CN7CCN(c8ccc9c(cnn9C9CCC(=O)NC9=O)c8)CC7)CC6)CC5)nc4c3F)c12. The van der Waals surface area contributed by atoms with Gasteiger partial charge in [-0.15, -0.1) is 0 Å². The Balaban J connectivity index is 0.691. The summed E-state index contributed by atoms with van der Waals surface area (Å²) in [6.45, 7) is 11.9. The fraction of sp³-hybridized carbons (Fsp3) is 0.500. The average molecular weight is 940 g/mol. The summed E-state index contributed by atoms with van der Waals surface area (Å²) in [6.07, 6.45) is 11.2. The van der Waals surface area contributed by atoms with Crippen LogP contribution in [0.15, 0.2) is 54.9 Å². The van der Waals surface area contributed by atoms with E-state index < -0.39 is 11.9 Å². The van der Waals surface area contributed by atoms with E-state index in [1.54, 1.807) is 23.0 Å². The van der Waals surface area contributed by atoms with E-state index >= 15 is 8.78 Å². The highest BCUT2D eigenvalue weighted by atomic mass is 19.1. The monoisotopic (exact) mass is 939 g/mol. The van der Waals surface area contributed by atoms with Crippen molar-refractivity contribution in [2.75, 3.05) is 81.9 Å². The third kappa shape index (κ3) is 8.49. The molecule has 5 saturated heterocycles. The molecule has 6 aromatic rings. The summed E-state index contributed by atoms with van der Waals surface area (Å²) in [5.41, 5.74) is 2.91. The topological polar surface area (TPSA) is 157 Å². The lowest BCUT2D eigenvalue weighted by Crippen LogP contribution is -2.51. The standard InChI is InChI=1S/C52H59F2N11O4/c1-2-38-41(53)7-3-32-22-37(66)23-39(45(32)38)47-46(54)48-40(25-55-47)49(64-27-34-4-5-35(28-64)57-34)60-51(59-48)69-30-52(13-14-52)29-62-15-11-31(12-16-62)26-61-17-19-63(20-18-61)36-6-8-42-33(21-36)24-56-65(42)43-9-10-44(67)58-50(43)68/h3,6-8,21-25,31,34-35,43,57,66H,2,4-5,9-20,26-30H2,1H3,(H,58,67,68). The molecule has 17 heteroatoms. The van der Waals surface area contributed by atoms with Gasteiger partial charge in [0.15, 0.2) is 5.82 Å². The Kier molecular flexibility index (Phi) is 11.4. The molecule has 15 nitrogen and oxygen atoms in total. The Hall–Kier alpha value is -6.04. The molecule has 6 aliphatic rings. The van der Waals surface area contributed by atoms with Crippen LogP contribution in [0.5, 0.6) is 11.8 Å². The maximum Gasteiger partial charge on any atom is 0.319 e. The normalized spacial score (nSPS) is 23.4. The minimum Gasteiger partial charge on any atom is -0.508 e. The van der Waals surface area contributed by atoms with Crippen LogP contribution in [0.25, 0.3) is 43.8 Å². The number of rotatable bonds is 12. The highest BCUT2D eigenvalue weighted by Gasteiger charge is 2.46. The third-order valence-electron chi connectivity index (χ3n) is 16.0. The average Bonchev–Trinajstić information content (AvgIpc) is 3.86. The molecule has 2 amide bonds. The van der Waals surface area contributed by atoms with Crippen molar-refractivity contribution in [1.29, 1.82) is 0 Å². The molecule has 0 radical (unpaired) electrons. The number of amides is 2. The van der Waals surface area contributed by atoms with Crippen LogP contribution in [0.1, 0.15) is 69.9 Å². The fourth-order valence-corrected chi connectivity index (χ4v) is 12.0. The first-order valence-electron chi connectivity index (χ1n) is 25.0. The van der Waals surface area contributed by atoms with Crippen LogP contribution in [0.2, 0.25) is 0 Å². The van der Waals surface area contributed by atoms with Crippen molar-refractivity contribution < 1.29 is 28.2 Å². The number of likely N-dealkylation sites (tertiary alicyclic amines) is 1. The zero-order chi connectivity index (χ0) is 47.0. The Bertz CT molecular complexity index is 2970. The number of hydrogen-bond acceptors (Lipinski definition) is 13. The molecule has 1 aliphatic carbocycles. The van der Waals surface area contributed by atoms with E-state index in [-0.39, 0.29) is 46.0 Å². The molecule has 5 aliphatic heterocycles. The minimum absolute atomic E-state index is 0.00224. The first kappa shape index (κ1) is 44.2. The van der Waals surface area contributed by atoms with E-state index in [4.69, 9.17) is 14.7 Å². The quantitative estimate of drug-likeness (QED) is 0.117. The van der Waals surface area contributed by atoms with Crippen LogP contribution in [0.3, 0.4) is 0 Å². The second-order valence-electron chi connectivity index (χ2n) is 20.6. The number of fused-ring (bicyclic) bond motifs is 5. The van der Waals surface area contributed by atoms with Gasteiger partial charge < -0.3 is 29.9 Å². The van der Waals surface area contributed by atoms with E-state index in [2.05, 4.69) is 52.4 Å². The Labute approximate surface area is 399 Å². The molecule has 8 heterocycles. The van der Waals surface area contributed by atoms with Crippen LogP contribution >= 0.6 is 0 Å². The molecule has 1 saturated carbocycles. The Morgan fingerprint density at radius 1 is 0.855 bits per heavy atom. The lowest BCUT2D eigenvalue weighted by molar-refractivity contribution is -0.135. The summed E-state index contributed by atoms with van der Waals surface area (Å²) in [5, 5.41) is 24.0. The molecule has 6 fully saturated rings. The number of piperazine rings is 2. The number of hydrogen-bond donors (Lipinski definition) is 3. The third-order valence-corrected chi connectivity index (χ3v) is 16.0. The number of anilines is 2. The maximum absolute atomic E-state index is 17.2. The van der Waals surface area contributed by atoms with E-state index in [0.29, 0.717) is 77.0 Å². The van der Waals surface area contributed by atoms with Gasteiger partial charge >= 0.3 is 6.01 Å². The van der Waals surface area contributed by atoms with Gasteiger partial charge in [-0.3, -0.25) is 29.5 Å². The fourth-order valence-electron chi connectivity index (χ4n) is 12.0. The van der Waals surface area contributed by atoms with Crippen molar-refractivity contribution in [3.63, 3.8) is 0 Å². The first-order valence-corrected chi connectivity index (χ1v) is 25.0. The van der Waals surface area contributed by atoms with Gasteiger partial charge in [0.1, 0.15) is 34.6 Å². The molecule has 3 aromatic carbocycles. The zero-order valence-electron chi connectivity index (χ0n) is 39.1. The molecule has 12 rings (SSSR count). The lowest BCUT2D eigenvalue weighted by Gasteiger charge is -2.40. The van der Waals surface area contributed by atoms with Gasteiger partial charge in [-0.1, -0.05) is 13.0 Å². The molecular formula is C52H59F2N11O4. The zero-order valence-corrected chi connectivity index (χ0v) is 39.1. The lowest BCUT2D eigenvalue weighted by atomic mass is 9.94. The molecule has 3 N–H and O–H groups in total. The number of aromatic nitrogens is 5. The molecule has 0 spiro atoms. The second-order valence-corrected chi connectivity index (χ2v) is 20.6. The molecule has 2 bridgehead atoms. The van der Waals surface area contributed by atoms with Gasteiger partial charge in [0.25, 0.3) is 5.91 Å². The highest BCUT2D eigenvalue weighted by molar-refractivity contribution is 6.02. The number of carbonyl (C=O) groups is 2. The van der Waals surface area contributed by atoms with Crippen molar-refractivity contribution in [3.05, 3.63) is 72.1 Å². The molecule has 69 heavy (non-hydrogen) atoms. The highest BCUT2D eigenvalue weighted by Crippen LogP contribution is 2.47. The van der Waals surface area contributed by atoms with Gasteiger partial charge in [-0.25, -0.2) is 8.78 Å². The van der Waals surface area contributed by atoms with Crippen molar-refractivity contribution in [2.45, 2.75) is 82.8 Å².